The van der Waals surface area contributed by atoms with E-state index in [0.717, 1.165) is 13.2 Å². The molecule has 3 heteroatoms. The first kappa shape index (κ1) is 6.68. The third-order valence-electron chi connectivity index (χ3n) is 2.55. The van der Waals surface area contributed by atoms with Gasteiger partial charge >= 0.3 is 0 Å². The van der Waals surface area contributed by atoms with Gasteiger partial charge in [0.1, 0.15) is 7.85 Å². The van der Waals surface area contributed by atoms with Gasteiger partial charge in [-0.05, 0) is 5.82 Å². The number of rotatable bonds is 0. The zero-order valence-corrected chi connectivity index (χ0v) is 6.54. The Morgan fingerprint density at radius 2 is 1.90 bits per heavy atom. The number of fused-ring (bicyclic) bond motifs is 1. The van der Waals surface area contributed by atoms with Gasteiger partial charge in [0.05, 0.1) is 18.8 Å². The summed E-state index contributed by atoms with van der Waals surface area (Å²) >= 11 is 0. The zero-order valence-electron chi connectivity index (χ0n) is 6.54. The van der Waals surface area contributed by atoms with Crippen molar-refractivity contribution in [3.05, 3.63) is 0 Å². The van der Waals surface area contributed by atoms with Crippen LogP contribution in [0.3, 0.4) is 0 Å². The van der Waals surface area contributed by atoms with Gasteiger partial charge in [0.25, 0.3) is 0 Å². The Morgan fingerprint density at radius 1 is 1.20 bits per heavy atom. The van der Waals surface area contributed by atoms with Crippen LogP contribution in [0.4, 0.5) is 0 Å². The summed E-state index contributed by atoms with van der Waals surface area (Å²) in [5, 5.41) is 0. The molecule has 0 aromatic carbocycles. The molecule has 2 heterocycles. The molecule has 2 aliphatic heterocycles. The van der Waals surface area contributed by atoms with Crippen molar-refractivity contribution in [3.8, 4) is 0 Å². The summed E-state index contributed by atoms with van der Waals surface area (Å²) in [4.78, 5) is 0. The van der Waals surface area contributed by atoms with E-state index in [1.54, 1.807) is 0 Å². The average molecular weight is 140 g/mol. The van der Waals surface area contributed by atoms with E-state index in [0.29, 0.717) is 23.9 Å². The van der Waals surface area contributed by atoms with Crippen LogP contribution in [0, 0.1) is 5.92 Å². The Bertz CT molecular complexity index is 124. The van der Waals surface area contributed by atoms with Crippen molar-refractivity contribution in [2.75, 3.05) is 13.2 Å². The summed E-state index contributed by atoms with van der Waals surface area (Å²) in [5.41, 5.74) is 0. The monoisotopic (exact) mass is 140 g/mol. The molecule has 0 amide bonds. The summed E-state index contributed by atoms with van der Waals surface area (Å²) < 4.78 is 11.2. The van der Waals surface area contributed by atoms with Crippen molar-refractivity contribution in [1.82, 2.24) is 0 Å². The average Bonchev–Trinajstić information content (AvgIpc) is 2.41. The minimum Gasteiger partial charge on any atom is -0.376 e. The second-order valence-electron chi connectivity index (χ2n) is 3.55. The fraction of sp³-hybridized carbons (Fsp3) is 1.00. The molecule has 1 unspecified atom stereocenters. The lowest BCUT2D eigenvalue weighted by Gasteiger charge is -2.11. The molecule has 0 spiro atoms. The Morgan fingerprint density at radius 3 is 2.60 bits per heavy atom. The third-order valence-corrected chi connectivity index (χ3v) is 2.55. The van der Waals surface area contributed by atoms with E-state index in [4.69, 9.17) is 9.47 Å². The van der Waals surface area contributed by atoms with E-state index in [1.807, 2.05) is 0 Å². The maximum atomic E-state index is 5.58. The van der Waals surface area contributed by atoms with Gasteiger partial charge in [-0.15, -0.1) is 0 Å². The van der Waals surface area contributed by atoms with E-state index in [1.165, 1.54) is 0 Å². The molecule has 0 aromatic heterocycles. The Hall–Kier alpha value is -0.0151. The molecular formula is C7H13BO2. The van der Waals surface area contributed by atoms with Crippen LogP contribution in [0.2, 0.25) is 5.82 Å². The molecule has 0 aromatic rings. The summed E-state index contributed by atoms with van der Waals surface area (Å²) in [6, 6.07) is 0. The van der Waals surface area contributed by atoms with Gasteiger partial charge in [-0.3, -0.25) is 0 Å². The lowest BCUT2D eigenvalue weighted by Crippen LogP contribution is -2.22. The fourth-order valence-corrected chi connectivity index (χ4v) is 1.88. The highest BCUT2D eigenvalue weighted by Crippen LogP contribution is 2.35. The van der Waals surface area contributed by atoms with Crippen molar-refractivity contribution in [1.29, 1.82) is 0 Å². The normalized spacial score (nSPS) is 53.3. The highest BCUT2D eigenvalue weighted by molar-refractivity contribution is 6.12. The van der Waals surface area contributed by atoms with Gasteiger partial charge in [-0.25, -0.2) is 0 Å². The highest BCUT2D eigenvalue weighted by Gasteiger charge is 2.43. The molecule has 2 aliphatic rings. The van der Waals surface area contributed by atoms with Crippen molar-refractivity contribution in [2.24, 2.45) is 5.92 Å². The van der Waals surface area contributed by atoms with Crippen LogP contribution in [-0.2, 0) is 9.47 Å². The maximum Gasteiger partial charge on any atom is 0.111 e. The molecule has 4 atom stereocenters. The largest absolute Gasteiger partial charge is 0.376 e. The number of hydrogen-bond acceptors (Lipinski definition) is 2. The van der Waals surface area contributed by atoms with Crippen LogP contribution in [-0.4, -0.2) is 33.3 Å². The smallest absolute Gasteiger partial charge is 0.111 e. The molecule has 0 N–H and O–H groups in total. The molecule has 0 aliphatic carbocycles. The molecule has 0 saturated carbocycles. The minimum atomic E-state index is 0.398. The lowest BCUT2D eigenvalue weighted by atomic mass is 9.82. The summed E-state index contributed by atoms with van der Waals surface area (Å²) in [7, 11) is 2.20. The predicted molar refractivity (Wildman–Crippen MR) is 40.9 cm³/mol. The van der Waals surface area contributed by atoms with Crippen LogP contribution >= 0.6 is 0 Å². The van der Waals surface area contributed by atoms with Gasteiger partial charge in [-0.2, -0.15) is 0 Å². The molecule has 2 nitrogen and oxygen atoms in total. The van der Waals surface area contributed by atoms with E-state index in [9.17, 15) is 0 Å². The second-order valence-corrected chi connectivity index (χ2v) is 3.55. The second kappa shape index (κ2) is 2.24. The molecule has 0 radical (unpaired) electrons. The van der Waals surface area contributed by atoms with Crippen LogP contribution in [0.25, 0.3) is 0 Å². The topological polar surface area (TPSA) is 18.5 Å². The summed E-state index contributed by atoms with van der Waals surface area (Å²) in [6.45, 7) is 3.97. The van der Waals surface area contributed by atoms with Crippen LogP contribution < -0.4 is 0 Å². The first-order chi connectivity index (χ1) is 4.79. The SMILES string of the molecule is B[C@H]1CO[C@@H]2C(C)CO[C@@H]21. The predicted octanol–water partition coefficient (Wildman–Crippen LogP) is -0.158. The van der Waals surface area contributed by atoms with E-state index in [-0.39, 0.29) is 0 Å². The van der Waals surface area contributed by atoms with Gasteiger partial charge in [0, 0.05) is 12.5 Å². The first-order valence-electron chi connectivity index (χ1n) is 4.02. The summed E-state index contributed by atoms with van der Waals surface area (Å²) in [5.74, 6) is 1.21. The summed E-state index contributed by atoms with van der Waals surface area (Å²) in [6.07, 6.45) is 0.796. The quantitative estimate of drug-likeness (QED) is 0.435. The van der Waals surface area contributed by atoms with Crippen molar-refractivity contribution < 1.29 is 9.47 Å². The first-order valence-corrected chi connectivity index (χ1v) is 4.02. The molecule has 10 heavy (non-hydrogen) atoms. The van der Waals surface area contributed by atoms with Gasteiger partial charge in [0.2, 0.25) is 0 Å². The molecule has 2 saturated heterocycles. The van der Waals surface area contributed by atoms with Gasteiger partial charge < -0.3 is 9.47 Å². The molecule has 2 rings (SSSR count). The Kier molecular flexibility index (Phi) is 1.50. The minimum absolute atomic E-state index is 0.398. The van der Waals surface area contributed by atoms with E-state index >= 15 is 0 Å². The van der Waals surface area contributed by atoms with E-state index in [2.05, 4.69) is 14.8 Å². The third kappa shape index (κ3) is 0.806. The fourth-order valence-electron chi connectivity index (χ4n) is 1.88. The number of ether oxygens (including phenoxy) is 2. The zero-order chi connectivity index (χ0) is 7.14. The van der Waals surface area contributed by atoms with Gasteiger partial charge in [0.15, 0.2) is 0 Å². The molecule has 0 bridgehead atoms. The van der Waals surface area contributed by atoms with E-state index < -0.39 is 0 Å². The highest BCUT2D eigenvalue weighted by atomic mass is 16.6. The van der Waals surface area contributed by atoms with Crippen LogP contribution in [0.15, 0.2) is 0 Å². The molecule has 56 valence electrons. The molecular weight excluding hydrogens is 127 g/mol. The van der Waals surface area contributed by atoms with Crippen LogP contribution in [0.5, 0.6) is 0 Å². The maximum absolute atomic E-state index is 5.58. The molecule has 2 fully saturated rings. The van der Waals surface area contributed by atoms with Crippen molar-refractivity contribution >= 4 is 7.85 Å². The standard InChI is InChI=1S/C7H13BO2/c1-4-2-9-7-5(8)3-10-6(4)7/h4-7H,2-3,8H2,1H3/t4?,5-,6+,7+/m0/s1. The Balaban J connectivity index is 2.09. The van der Waals surface area contributed by atoms with Gasteiger partial charge in [-0.1, -0.05) is 6.92 Å². The lowest BCUT2D eigenvalue weighted by molar-refractivity contribution is 0.0658. The van der Waals surface area contributed by atoms with Crippen molar-refractivity contribution in [3.63, 3.8) is 0 Å². The number of hydrogen-bond donors (Lipinski definition) is 0. The van der Waals surface area contributed by atoms with Crippen molar-refractivity contribution in [2.45, 2.75) is 24.9 Å². The van der Waals surface area contributed by atoms with Crippen LogP contribution in [0.1, 0.15) is 6.92 Å². The Labute approximate surface area is 62.3 Å².